The molecule has 1 N–H and O–H groups in total. The Kier molecular flexibility index (Phi) is 4.81. The Morgan fingerprint density at radius 3 is 2.81 bits per heavy atom. The Balaban J connectivity index is 1.59. The van der Waals surface area contributed by atoms with Crippen molar-refractivity contribution in [3.05, 3.63) is 70.8 Å². The number of carbonyl (C=O) groups is 1. The van der Waals surface area contributed by atoms with E-state index >= 15 is 0 Å². The van der Waals surface area contributed by atoms with Crippen molar-refractivity contribution in [1.82, 2.24) is 20.1 Å². The Morgan fingerprint density at radius 2 is 2.07 bits per heavy atom. The second-order valence-electron chi connectivity index (χ2n) is 6.42. The van der Waals surface area contributed by atoms with Crippen LogP contribution in [-0.4, -0.2) is 27.8 Å². The van der Waals surface area contributed by atoms with Gasteiger partial charge in [-0.25, -0.2) is 9.67 Å². The van der Waals surface area contributed by atoms with Crippen LogP contribution in [0.4, 0.5) is 0 Å². The molecule has 0 aliphatic heterocycles. The van der Waals surface area contributed by atoms with Crippen molar-refractivity contribution in [2.24, 2.45) is 0 Å². The maximum absolute atomic E-state index is 12.5. The average molecular weight is 383 g/mol. The van der Waals surface area contributed by atoms with E-state index in [-0.39, 0.29) is 11.9 Å². The lowest BCUT2D eigenvalue weighted by atomic mass is 9.92. The van der Waals surface area contributed by atoms with E-state index in [1.165, 1.54) is 0 Å². The number of pyridine rings is 1. The summed E-state index contributed by atoms with van der Waals surface area (Å²) in [5.74, 6) is 0.575. The molecule has 1 aromatic carbocycles. The largest absolute Gasteiger partial charge is 0.497 e. The summed E-state index contributed by atoms with van der Waals surface area (Å²) in [6, 6.07) is 12.7. The van der Waals surface area contributed by atoms with Crippen molar-refractivity contribution in [3.63, 3.8) is 0 Å². The molecule has 2 aromatic heterocycles. The number of benzene rings is 1. The third-order valence-corrected chi connectivity index (χ3v) is 4.96. The highest BCUT2D eigenvalue weighted by Gasteiger charge is 2.26. The van der Waals surface area contributed by atoms with Gasteiger partial charge >= 0.3 is 0 Å². The van der Waals surface area contributed by atoms with Crippen LogP contribution in [0.5, 0.6) is 5.75 Å². The third kappa shape index (κ3) is 3.53. The second kappa shape index (κ2) is 7.40. The summed E-state index contributed by atoms with van der Waals surface area (Å²) in [6.45, 7) is 0. The first-order valence-corrected chi connectivity index (χ1v) is 9.18. The molecule has 3 aromatic rings. The monoisotopic (exact) mass is 382 g/mol. The van der Waals surface area contributed by atoms with E-state index in [2.05, 4.69) is 15.4 Å². The van der Waals surface area contributed by atoms with Crippen LogP contribution in [0.15, 0.2) is 48.7 Å². The quantitative estimate of drug-likeness (QED) is 0.698. The Labute approximate surface area is 162 Å². The summed E-state index contributed by atoms with van der Waals surface area (Å²) in [6.07, 6.45) is 4.61. The molecule has 1 amide bonds. The van der Waals surface area contributed by atoms with E-state index in [1.807, 2.05) is 35.1 Å². The van der Waals surface area contributed by atoms with Gasteiger partial charge in [0.25, 0.3) is 5.91 Å². The molecule has 0 bridgehead atoms. The van der Waals surface area contributed by atoms with Crippen molar-refractivity contribution in [1.29, 1.82) is 0 Å². The molecule has 1 aliphatic rings. The zero-order valence-electron chi connectivity index (χ0n) is 14.9. The molecule has 138 valence electrons. The molecular weight excluding hydrogens is 364 g/mol. The minimum Gasteiger partial charge on any atom is -0.497 e. The fourth-order valence-electron chi connectivity index (χ4n) is 3.42. The summed E-state index contributed by atoms with van der Waals surface area (Å²) in [5.41, 5.74) is 3.46. The fourth-order valence-corrected chi connectivity index (χ4v) is 3.58. The molecule has 0 spiro atoms. The van der Waals surface area contributed by atoms with Gasteiger partial charge in [0.15, 0.2) is 0 Å². The zero-order chi connectivity index (χ0) is 18.8. The molecule has 2 heterocycles. The van der Waals surface area contributed by atoms with Crippen LogP contribution in [0, 0.1) is 0 Å². The van der Waals surface area contributed by atoms with Crippen molar-refractivity contribution < 1.29 is 9.53 Å². The minimum absolute atomic E-state index is 0.0889. The van der Waals surface area contributed by atoms with Gasteiger partial charge in [0, 0.05) is 11.3 Å². The number of carbonyl (C=O) groups excluding carboxylic acids is 1. The first-order chi connectivity index (χ1) is 13.2. The molecule has 0 radical (unpaired) electrons. The predicted molar refractivity (Wildman–Crippen MR) is 103 cm³/mol. The number of halogens is 1. The molecule has 1 atom stereocenters. The molecule has 27 heavy (non-hydrogen) atoms. The number of methoxy groups -OCH3 is 1. The van der Waals surface area contributed by atoms with Gasteiger partial charge in [-0.15, -0.1) is 0 Å². The molecule has 7 heteroatoms. The van der Waals surface area contributed by atoms with Gasteiger partial charge in [0.1, 0.15) is 16.6 Å². The highest BCUT2D eigenvalue weighted by molar-refractivity contribution is 6.29. The summed E-state index contributed by atoms with van der Waals surface area (Å²) in [5, 5.41) is 7.93. The highest BCUT2D eigenvalue weighted by Crippen LogP contribution is 2.31. The van der Waals surface area contributed by atoms with E-state index in [0.717, 1.165) is 42.0 Å². The molecule has 1 unspecified atom stereocenters. The summed E-state index contributed by atoms with van der Waals surface area (Å²) in [4.78, 5) is 16.6. The first kappa shape index (κ1) is 17.5. The predicted octanol–water partition coefficient (Wildman–Crippen LogP) is 3.74. The Bertz CT molecular complexity index is 968. The number of rotatable bonds is 4. The maximum Gasteiger partial charge on any atom is 0.270 e. The number of aromatic nitrogens is 3. The van der Waals surface area contributed by atoms with E-state index in [9.17, 15) is 4.79 Å². The lowest BCUT2D eigenvalue weighted by Crippen LogP contribution is -2.31. The summed E-state index contributed by atoms with van der Waals surface area (Å²) < 4.78 is 7.15. The van der Waals surface area contributed by atoms with Gasteiger partial charge in [-0.1, -0.05) is 17.7 Å². The normalized spacial score (nSPS) is 15.9. The van der Waals surface area contributed by atoms with Crippen LogP contribution in [0.3, 0.4) is 0 Å². The van der Waals surface area contributed by atoms with Crippen LogP contribution in [0.1, 0.15) is 40.6 Å². The van der Waals surface area contributed by atoms with Crippen molar-refractivity contribution in [2.75, 3.05) is 7.11 Å². The number of amides is 1. The van der Waals surface area contributed by atoms with E-state index < -0.39 is 0 Å². The zero-order valence-corrected chi connectivity index (χ0v) is 15.6. The number of ether oxygens (including phenoxy) is 1. The van der Waals surface area contributed by atoms with E-state index in [1.54, 1.807) is 25.3 Å². The topological polar surface area (TPSA) is 69.0 Å². The Hall–Kier alpha value is -2.86. The minimum atomic E-state index is -0.229. The van der Waals surface area contributed by atoms with Crippen LogP contribution in [0.2, 0.25) is 5.15 Å². The van der Waals surface area contributed by atoms with Crippen LogP contribution in [0.25, 0.3) is 5.69 Å². The van der Waals surface area contributed by atoms with Crippen LogP contribution in [-0.2, 0) is 6.42 Å². The molecule has 4 rings (SSSR count). The van der Waals surface area contributed by atoms with Crippen molar-refractivity contribution in [3.8, 4) is 11.4 Å². The highest BCUT2D eigenvalue weighted by atomic mass is 35.5. The van der Waals surface area contributed by atoms with E-state index in [4.69, 9.17) is 16.3 Å². The first-order valence-electron chi connectivity index (χ1n) is 8.80. The Morgan fingerprint density at radius 1 is 1.26 bits per heavy atom. The van der Waals surface area contributed by atoms with Gasteiger partial charge in [-0.3, -0.25) is 4.79 Å². The number of hydrogen-bond donors (Lipinski definition) is 1. The number of nitrogens with zero attached hydrogens (tertiary/aromatic N) is 3. The van der Waals surface area contributed by atoms with Gasteiger partial charge < -0.3 is 10.1 Å². The standard InChI is InChI=1S/C20H19ClN4O2/c1-27-14-10-8-13(9-11-14)25-18-6-2-4-16(15(18)12-22-25)24-20(26)17-5-3-7-19(21)23-17/h3,5,7-12,16H,2,4,6H2,1H3,(H,24,26). The SMILES string of the molecule is COc1ccc(-n2ncc3c2CCCC3NC(=O)c2cccc(Cl)n2)cc1. The lowest BCUT2D eigenvalue weighted by molar-refractivity contribution is 0.0927. The maximum atomic E-state index is 12.5. The van der Waals surface area contributed by atoms with Crippen LogP contribution < -0.4 is 10.1 Å². The van der Waals surface area contributed by atoms with Crippen molar-refractivity contribution in [2.45, 2.75) is 25.3 Å². The summed E-state index contributed by atoms with van der Waals surface area (Å²) >= 11 is 5.89. The number of fused-ring (bicyclic) bond motifs is 1. The molecule has 1 aliphatic carbocycles. The molecule has 0 saturated heterocycles. The second-order valence-corrected chi connectivity index (χ2v) is 6.81. The summed E-state index contributed by atoms with van der Waals surface area (Å²) in [7, 11) is 1.65. The van der Waals surface area contributed by atoms with E-state index in [0.29, 0.717) is 10.8 Å². The smallest absolute Gasteiger partial charge is 0.270 e. The van der Waals surface area contributed by atoms with Crippen molar-refractivity contribution >= 4 is 17.5 Å². The average Bonchev–Trinajstić information content (AvgIpc) is 3.13. The van der Waals surface area contributed by atoms with Gasteiger partial charge in [0.05, 0.1) is 25.0 Å². The van der Waals surface area contributed by atoms with Gasteiger partial charge in [-0.2, -0.15) is 5.10 Å². The molecule has 6 nitrogen and oxygen atoms in total. The van der Waals surface area contributed by atoms with Gasteiger partial charge in [0.2, 0.25) is 0 Å². The van der Waals surface area contributed by atoms with Gasteiger partial charge in [-0.05, 0) is 55.7 Å². The number of hydrogen-bond acceptors (Lipinski definition) is 4. The lowest BCUT2D eigenvalue weighted by Gasteiger charge is -2.24. The molecular formula is C20H19ClN4O2. The third-order valence-electron chi connectivity index (χ3n) is 4.75. The molecule has 0 saturated carbocycles. The fraction of sp³-hybridized carbons (Fsp3) is 0.250. The molecule has 0 fully saturated rings. The van der Waals surface area contributed by atoms with Crippen LogP contribution >= 0.6 is 11.6 Å². The number of nitrogens with one attached hydrogen (secondary N) is 1.